The fraction of sp³-hybridized carbons (Fsp3) is 0.263. The Balaban J connectivity index is 2.02. The van der Waals surface area contributed by atoms with Crippen molar-refractivity contribution in [2.45, 2.75) is 32.7 Å². The van der Waals surface area contributed by atoms with Gasteiger partial charge >= 0.3 is 5.97 Å². The number of amides is 1. The summed E-state index contributed by atoms with van der Waals surface area (Å²) in [5, 5.41) is 11.8. The largest absolute Gasteiger partial charge is 0.478 e. The lowest BCUT2D eigenvalue weighted by Gasteiger charge is -2.19. The molecule has 0 heterocycles. The number of benzene rings is 2. The number of carbonyl (C=O) groups excluding carboxylic acids is 1. The summed E-state index contributed by atoms with van der Waals surface area (Å²) in [4.78, 5) is 23.1. The van der Waals surface area contributed by atoms with Gasteiger partial charge in [-0.15, -0.1) is 0 Å². The monoisotopic (exact) mass is 311 g/mol. The quantitative estimate of drug-likeness (QED) is 0.906. The van der Waals surface area contributed by atoms with E-state index in [1.165, 1.54) is 11.6 Å². The van der Waals surface area contributed by atoms with Gasteiger partial charge in [-0.1, -0.05) is 45.0 Å². The molecule has 0 saturated heterocycles. The molecule has 2 rings (SSSR count). The third kappa shape index (κ3) is 4.42. The van der Waals surface area contributed by atoms with Crippen LogP contribution < -0.4 is 5.32 Å². The summed E-state index contributed by atoms with van der Waals surface area (Å²) < 4.78 is 0. The van der Waals surface area contributed by atoms with Gasteiger partial charge in [0.1, 0.15) is 0 Å². The molecule has 0 fully saturated rings. The first-order chi connectivity index (χ1) is 10.8. The molecule has 0 aromatic heterocycles. The van der Waals surface area contributed by atoms with E-state index in [1.54, 1.807) is 18.2 Å². The van der Waals surface area contributed by atoms with Crippen molar-refractivity contribution in [3.8, 4) is 0 Å². The van der Waals surface area contributed by atoms with E-state index in [4.69, 9.17) is 5.11 Å². The molecule has 4 nitrogen and oxygen atoms in total. The predicted octanol–water partition coefficient (Wildman–Crippen LogP) is 3.61. The maximum absolute atomic E-state index is 12.2. The Hall–Kier alpha value is -2.62. The molecule has 2 aromatic rings. The van der Waals surface area contributed by atoms with Crippen LogP contribution in [0.2, 0.25) is 0 Å². The van der Waals surface area contributed by atoms with Crippen LogP contribution in [0.25, 0.3) is 0 Å². The van der Waals surface area contributed by atoms with Gasteiger partial charge in [0.05, 0.1) is 5.56 Å². The third-order valence-electron chi connectivity index (χ3n) is 3.64. The number of aromatic carboxylic acids is 1. The highest BCUT2D eigenvalue weighted by atomic mass is 16.4. The van der Waals surface area contributed by atoms with Crippen LogP contribution in [-0.2, 0) is 12.0 Å². The zero-order valence-corrected chi connectivity index (χ0v) is 13.6. The summed E-state index contributed by atoms with van der Waals surface area (Å²) in [6, 6.07) is 14.1. The van der Waals surface area contributed by atoms with Crippen LogP contribution in [-0.4, -0.2) is 17.0 Å². The van der Waals surface area contributed by atoms with Gasteiger partial charge in [0.15, 0.2) is 0 Å². The first-order valence-corrected chi connectivity index (χ1v) is 7.48. The van der Waals surface area contributed by atoms with Crippen molar-refractivity contribution in [3.63, 3.8) is 0 Å². The SMILES string of the molecule is CC(C)(C)c1ccc(C(=O)NCc2cccc(C(=O)O)c2)cc1. The standard InChI is InChI=1S/C19H21NO3/c1-19(2,3)16-9-7-14(8-10-16)17(21)20-12-13-5-4-6-15(11-13)18(22)23/h4-11H,12H2,1-3H3,(H,20,21)(H,22,23). The third-order valence-corrected chi connectivity index (χ3v) is 3.64. The molecule has 120 valence electrons. The van der Waals surface area contributed by atoms with Gasteiger partial charge in [0.2, 0.25) is 0 Å². The molecular weight excluding hydrogens is 290 g/mol. The molecule has 1 amide bonds. The molecule has 0 aliphatic heterocycles. The maximum atomic E-state index is 12.2. The minimum Gasteiger partial charge on any atom is -0.478 e. The number of carbonyl (C=O) groups is 2. The van der Waals surface area contributed by atoms with Crippen LogP contribution >= 0.6 is 0 Å². The molecule has 2 aromatic carbocycles. The Labute approximate surface area is 136 Å². The van der Waals surface area contributed by atoms with Crippen molar-refractivity contribution in [2.24, 2.45) is 0 Å². The van der Waals surface area contributed by atoms with E-state index in [0.29, 0.717) is 12.1 Å². The zero-order valence-electron chi connectivity index (χ0n) is 13.6. The topological polar surface area (TPSA) is 66.4 Å². The van der Waals surface area contributed by atoms with Crippen LogP contribution in [0.15, 0.2) is 48.5 Å². The lowest BCUT2D eigenvalue weighted by molar-refractivity contribution is 0.0696. The lowest BCUT2D eigenvalue weighted by Crippen LogP contribution is -2.23. The maximum Gasteiger partial charge on any atom is 0.335 e. The second-order valence-corrected chi connectivity index (χ2v) is 6.52. The Kier molecular flexibility index (Phi) is 4.84. The molecule has 0 atom stereocenters. The highest BCUT2D eigenvalue weighted by Gasteiger charge is 2.14. The summed E-state index contributed by atoms with van der Waals surface area (Å²) in [5.74, 6) is -1.15. The summed E-state index contributed by atoms with van der Waals surface area (Å²) in [6.45, 7) is 6.66. The minimum absolute atomic E-state index is 0.0479. The van der Waals surface area contributed by atoms with Gasteiger partial charge in [-0.3, -0.25) is 4.79 Å². The summed E-state index contributed by atoms with van der Waals surface area (Å²) in [5.41, 5.74) is 2.78. The van der Waals surface area contributed by atoms with E-state index in [-0.39, 0.29) is 16.9 Å². The van der Waals surface area contributed by atoms with Crippen molar-refractivity contribution in [3.05, 3.63) is 70.8 Å². The molecule has 0 spiro atoms. The van der Waals surface area contributed by atoms with E-state index in [1.807, 2.05) is 24.3 Å². The Morgan fingerprint density at radius 1 is 1.00 bits per heavy atom. The summed E-state index contributed by atoms with van der Waals surface area (Å²) in [6.07, 6.45) is 0. The molecule has 0 aliphatic rings. The normalized spacial score (nSPS) is 11.1. The fourth-order valence-corrected chi connectivity index (χ4v) is 2.22. The van der Waals surface area contributed by atoms with E-state index in [2.05, 4.69) is 26.1 Å². The average molecular weight is 311 g/mol. The number of hydrogen-bond donors (Lipinski definition) is 2. The van der Waals surface area contributed by atoms with E-state index in [9.17, 15) is 9.59 Å². The smallest absolute Gasteiger partial charge is 0.335 e. The number of carboxylic acid groups (broad SMARTS) is 1. The van der Waals surface area contributed by atoms with Gasteiger partial charge in [-0.05, 0) is 40.8 Å². The molecule has 0 saturated carbocycles. The number of rotatable bonds is 4. The summed E-state index contributed by atoms with van der Waals surface area (Å²) in [7, 11) is 0. The highest BCUT2D eigenvalue weighted by molar-refractivity contribution is 5.94. The minimum atomic E-state index is -0.976. The van der Waals surface area contributed by atoms with Crippen LogP contribution in [0.1, 0.15) is 52.6 Å². The molecule has 2 N–H and O–H groups in total. The molecule has 4 heteroatoms. The Bertz CT molecular complexity index is 712. The van der Waals surface area contributed by atoms with Gasteiger partial charge in [0, 0.05) is 12.1 Å². The first-order valence-electron chi connectivity index (χ1n) is 7.48. The fourth-order valence-electron chi connectivity index (χ4n) is 2.22. The van der Waals surface area contributed by atoms with Crippen molar-refractivity contribution in [1.29, 1.82) is 0 Å². The van der Waals surface area contributed by atoms with Crippen molar-refractivity contribution in [2.75, 3.05) is 0 Å². The van der Waals surface area contributed by atoms with Gasteiger partial charge in [0.25, 0.3) is 5.91 Å². The van der Waals surface area contributed by atoms with E-state index < -0.39 is 5.97 Å². The van der Waals surface area contributed by atoms with Gasteiger partial charge in [-0.2, -0.15) is 0 Å². The molecule has 0 unspecified atom stereocenters. The molecule has 0 radical (unpaired) electrons. The van der Waals surface area contributed by atoms with Crippen molar-refractivity contribution >= 4 is 11.9 Å². The Morgan fingerprint density at radius 3 is 2.22 bits per heavy atom. The van der Waals surface area contributed by atoms with Gasteiger partial charge < -0.3 is 10.4 Å². The molecule has 23 heavy (non-hydrogen) atoms. The zero-order chi connectivity index (χ0) is 17.0. The molecular formula is C19H21NO3. The van der Waals surface area contributed by atoms with Gasteiger partial charge in [-0.25, -0.2) is 4.79 Å². The molecule has 0 bridgehead atoms. The second-order valence-electron chi connectivity index (χ2n) is 6.52. The number of carboxylic acids is 1. The van der Waals surface area contributed by atoms with Crippen LogP contribution in [0.3, 0.4) is 0 Å². The number of nitrogens with one attached hydrogen (secondary N) is 1. The van der Waals surface area contributed by atoms with E-state index in [0.717, 1.165) is 5.56 Å². The Morgan fingerprint density at radius 2 is 1.65 bits per heavy atom. The highest BCUT2D eigenvalue weighted by Crippen LogP contribution is 2.22. The van der Waals surface area contributed by atoms with E-state index >= 15 is 0 Å². The lowest BCUT2D eigenvalue weighted by atomic mass is 9.87. The van der Waals surface area contributed by atoms with Crippen LogP contribution in [0.5, 0.6) is 0 Å². The first kappa shape index (κ1) is 16.7. The number of hydrogen-bond acceptors (Lipinski definition) is 2. The second kappa shape index (κ2) is 6.65. The average Bonchev–Trinajstić information content (AvgIpc) is 2.52. The van der Waals surface area contributed by atoms with Crippen molar-refractivity contribution in [1.82, 2.24) is 5.32 Å². The predicted molar refractivity (Wildman–Crippen MR) is 89.7 cm³/mol. The van der Waals surface area contributed by atoms with Crippen LogP contribution in [0.4, 0.5) is 0 Å². The summed E-state index contributed by atoms with van der Waals surface area (Å²) >= 11 is 0. The molecule has 0 aliphatic carbocycles. The van der Waals surface area contributed by atoms with Crippen molar-refractivity contribution < 1.29 is 14.7 Å². The van der Waals surface area contributed by atoms with Crippen LogP contribution in [0, 0.1) is 0 Å².